The molecule has 1 saturated heterocycles. The molecule has 0 saturated carbocycles. The number of esters is 1. The maximum atomic E-state index is 12.6. The van der Waals surface area contributed by atoms with Crippen molar-refractivity contribution in [3.05, 3.63) is 34.5 Å². The van der Waals surface area contributed by atoms with Gasteiger partial charge in [-0.05, 0) is 24.5 Å². The fourth-order valence-corrected chi connectivity index (χ4v) is 5.07. The van der Waals surface area contributed by atoms with Gasteiger partial charge in [-0.15, -0.1) is 11.3 Å². The second-order valence-electron chi connectivity index (χ2n) is 6.76. The molecule has 2 aromatic rings. The number of aromatic nitrogens is 2. The number of hydrogen-bond donors (Lipinski definition) is 2. The van der Waals surface area contributed by atoms with Crippen molar-refractivity contribution in [1.82, 2.24) is 15.3 Å². The Labute approximate surface area is 181 Å². The third kappa shape index (κ3) is 4.85. The number of ether oxygens (including phenoxy) is 1. The molecule has 11 heteroatoms. The molecule has 0 spiro atoms. The predicted octanol–water partition coefficient (Wildman–Crippen LogP) is 3.00. The summed E-state index contributed by atoms with van der Waals surface area (Å²) >= 11 is 2.49. The number of thiophene rings is 1. The zero-order chi connectivity index (χ0) is 21.8. The van der Waals surface area contributed by atoms with Crippen molar-refractivity contribution in [1.29, 1.82) is 0 Å². The standard InChI is InChI=1S/C19H21N5O4S2/c1-9(2)14-10(3)13(17(27)28-4)16(30-14)22-12(25)8-11-15(26)23-19(29-11)24-18-20-6-5-7-21-18/h5-7,9,11H,8H2,1-4H3,(H,22,25)(H,20,21,23,24,26). The first-order chi connectivity index (χ1) is 14.3. The minimum atomic E-state index is -0.639. The van der Waals surface area contributed by atoms with Crippen LogP contribution in [0.3, 0.4) is 0 Å². The summed E-state index contributed by atoms with van der Waals surface area (Å²) in [6.07, 6.45) is 3.03. The maximum Gasteiger partial charge on any atom is 0.341 e. The monoisotopic (exact) mass is 447 g/mol. The summed E-state index contributed by atoms with van der Waals surface area (Å²) in [5.41, 5.74) is 1.15. The number of aliphatic imine (C=N–C) groups is 1. The SMILES string of the molecule is COC(=O)c1c(NC(=O)CC2S/C(=N\c3ncccn3)NC2=O)sc(C(C)C)c1C. The lowest BCUT2D eigenvalue weighted by Crippen LogP contribution is -2.28. The van der Waals surface area contributed by atoms with E-state index in [0.29, 0.717) is 15.7 Å². The summed E-state index contributed by atoms with van der Waals surface area (Å²) in [5, 5.41) is 5.54. The van der Waals surface area contributed by atoms with Crippen molar-refractivity contribution in [3.8, 4) is 0 Å². The molecule has 1 aliphatic rings. The van der Waals surface area contributed by atoms with E-state index in [0.717, 1.165) is 22.2 Å². The Hall–Kier alpha value is -2.79. The van der Waals surface area contributed by atoms with Gasteiger partial charge in [-0.1, -0.05) is 25.6 Å². The van der Waals surface area contributed by atoms with Crippen molar-refractivity contribution in [3.63, 3.8) is 0 Å². The van der Waals surface area contributed by atoms with Crippen molar-refractivity contribution < 1.29 is 19.1 Å². The van der Waals surface area contributed by atoms with Gasteiger partial charge in [-0.3, -0.25) is 9.59 Å². The minimum absolute atomic E-state index is 0.0697. The number of nitrogens with zero attached hydrogens (tertiary/aromatic N) is 3. The number of amides is 2. The Kier molecular flexibility index (Phi) is 6.83. The molecule has 1 unspecified atom stereocenters. The summed E-state index contributed by atoms with van der Waals surface area (Å²) in [7, 11) is 1.30. The Morgan fingerprint density at radius 2 is 2.03 bits per heavy atom. The molecule has 1 aliphatic heterocycles. The van der Waals surface area contributed by atoms with E-state index >= 15 is 0 Å². The number of hydrogen-bond acceptors (Lipinski definition) is 9. The molecule has 3 rings (SSSR count). The molecular weight excluding hydrogens is 426 g/mol. The van der Waals surface area contributed by atoms with Crippen LogP contribution >= 0.6 is 23.1 Å². The van der Waals surface area contributed by atoms with Crippen LogP contribution in [0.25, 0.3) is 0 Å². The fourth-order valence-electron chi connectivity index (χ4n) is 2.90. The first-order valence-corrected chi connectivity index (χ1v) is 10.8. The van der Waals surface area contributed by atoms with Crippen LogP contribution in [0.1, 0.15) is 47.0 Å². The van der Waals surface area contributed by atoms with Gasteiger partial charge < -0.3 is 15.4 Å². The van der Waals surface area contributed by atoms with E-state index < -0.39 is 11.2 Å². The van der Waals surface area contributed by atoms with Crippen LogP contribution < -0.4 is 10.6 Å². The highest BCUT2D eigenvalue weighted by Crippen LogP contribution is 2.38. The molecule has 3 heterocycles. The number of rotatable bonds is 6. The van der Waals surface area contributed by atoms with Gasteiger partial charge in [0.25, 0.3) is 5.95 Å². The summed E-state index contributed by atoms with van der Waals surface area (Å²) < 4.78 is 4.87. The average molecular weight is 448 g/mol. The average Bonchev–Trinajstić information content (AvgIpc) is 3.21. The smallest absolute Gasteiger partial charge is 0.341 e. The van der Waals surface area contributed by atoms with E-state index in [-0.39, 0.29) is 30.1 Å². The number of nitrogens with one attached hydrogen (secondary N) is 2. The molecule has 158 valence electrons. The van der Waals surface area contributed by atoms with Crippen LogP contribution in [0.5, 0.6) is 0 Å². The highest BCUT2D eigenvalue weighted by Gasteiger charge is 2.33. The van der Waals surface area contributed by atoms with Gasteiger partial charge in [0.1, 0.15) is 10.3 Å². The van der Waals surface area contributed by atoms with Gasteiger partial charge in [-0.25, -0.2) is 14.8 Å². The third-order valence-corrected chi connectivity index (χ3v) is 6.84. The number of carbonyl (C=O) groups excluding carboxylic acids is 3. The van der Waals surface area contributed by atoms with Crippen molar-refractivity contribution in [2.24, 2.45) is 4.99 Å². The molecule has 2 N–H and O–H groups in total. The normalized spacial score (nSPS) is 17.3. The quantitative estimate of drug-likeness (QED) is 0.653. The van der Waals surface area contributed by atoms with E-state index in [1.54, 1.807) is 18.5 Å². The molecule has 0 radical (unpaired) electrons. The molecule has 0 bridgehead atoms. The van der Waals surface area contributed by atoms with Crippen molar-refractivity contribution >= 4 is 57.0 Å². The summed E-state index contributed by atoms with van der Waals surface area (Å²) in [5.74, 6) is -0.774. The topological polar surface area (TPSA) is 123 Å². The Morgan fingerprint density at radius 1 is 1.33 bits per heavy atom. The summed E-state index contributed by atoms with van der Waals surface area (Å²) in [6.45, 7) is 5.87. The van der Waals surface area contributed by atoms with Crippen LogP contribution in [-0.2, 0) is 14.3 Å². The number of carbonyl (C=O) groups is 3. The van der Waals surface area contributed by atoms with Gasteiger partial charge in [0, 0.05) is 23.7 Å². The highest BCUT2D eigenvalue weighted by molar-refractivity contribution is 8.15. The van der Waals surface area contributed by atoms with E-state index in [1.807, 2.05) is 20.8 Å². The van der Waals surface area contributed by atoms with E-state index in [4.69, 9.17) is 4.74 Å². The zero-order valence-electron chi connectivity index (χ0n) is 16.9. The second-order valence-corrected chi connectivity index (χ2v) is 9.00. The predicted molar refractivity (Wildman–Crippen MR) is 116 cm³/mol. The van der Waals surface area contributed by atoms with Gasteiger partial charge in [0.15, 0.2) is 5.17 Å². The lowest BCUT2D eigenvalue weighted by atomic mass is 10.1. The number of amidine groups is 1. The molecule has 30 heavy (non-hydrogen) atoms. The Bertz CT molecular complexity index is 1000. The number of thioether (sulfide) groups is 1. The van der Waals surface area contributed by atoms with Gasteiger partial charge in [0.2, 0.25) is 11.8 Å². The third-order valence-electron chi connectivity index (χ3n) is 4.25. The first-order valence-electron chi connectivity index (χ1n) is 9.14. The summed E-state index contributed by atoms with van der Waals surface area (Å²) in [6, 6.07) is 1.66. The van der Waals surface area contributed by atoms with Crippen LogP contribution in [0.2, 0.25) is 0 Å². The summed E-state index contributed by atoms with van der Waals surface area (Å²) in [4.78, 5) is 50.2. The van der Waals surface area contributed by atoms with Gasteiger partial charge in [0.05, 0.1) is 12.7 Å². The Balaban J connectivity index is 1.72. The number of anilines is 1. The lowest BCUT2D eigenvalue weighted by molar-refractivity contribution is -0.122. The van der Waals surface area contributed by atoms with Gasteiger partial charge >= 0.3 is 5.97 Å². The molecule has 9 nitrogen and oxygen atoms in total. The molecule has 2 aromatic heterocycles. The molecular formula is C19H21N5O4S2. The molecule has 1 fully saturated rings. The van der Waals surface area contributed by atoms with Crippen LogP contribution in [0.15, 0.2) is 23.5 Å². The fraction of sp³-hybridized carbons (Fsp3) is 0.368. The van der Waals surface area contributed by atoms with Crippen molar-refractivity contribution in [2.45, 2.75) is 38.4 Å². The maximum absolute atomic E-state index is 12.6. The zero-order valence-corrected chi connectivity index (χ0v) is 18.5. The molecule has 2 amide bonds. The molecule has 0 aromatic carbocycles. The van der Waals surface area contributed by atoms with E-state index in [2.05, 4.69) is 25.6 Å². The second kappa shape index (κ2) is 9.35. The number of methoxy groups -OCH3 is 1. The largest absolute Gasteiger partial charge is 0.465 e. The van der Waals surface area contributed by atoms with Crippen molar-refractivity contribution in [2.75, 3.05) is 12.4 Å². The van der Waals surface area contributed by atoms with Crippen LogP contribution in [0, 0.1) is 6.92 Å². The van der Waals surface area contributed by atoms with E-state index in [9.17, 15) is 14.4 Å². The van der Waals surface area contributed by atoms with Crippen LogP contribution in [0.4, 0.5) is 10.9 Å². The minimum Gasteiger partial charge on any atom is -0.465 e. The molecule has 1 atom stereocenters. The van der Waals surface area contributed by atoms with E-state index in [1.165, 1.54) is 18.4 Å². The lowest BCUT2D eigenvalue weighted by Gasteiger charge is -2.08. The Morgan fingerprint density at radius 3 is 2.67 bits per heavy atom. The first kappa shape index (κ1) is 21.9. The molecule has 0 aliphatic carbocycles. The highest BCUT2D eigenvalue weighted by atomic mass is 32.2. The van der Waals surface area contributed by atoms with Gasteiger partial charge in [-0.2, -0.15) is 4.99 Å². The van der Waals surface area contributed by atoms with Crippen LogP contribution in [-0.4, -0.2) is 45.3 Å².